The van der Waals surface area contributed by atoms with Gasteiger partial charge < -0.3 is 25.2 Å². The summed E-state index contributed by atoms with van der Waals surface area (Å²) in [6.45, 7) is 8.21. The highest BCUT2D eigenvalue weighted by atomic mass is 35.5. The number of carbonyl (C=O) groups excluding carboxylic acids is 1. The molecule has 2 rings (SSSR count). The highest BCUT2D eigenvalue weighted by Gasteiger charge is 2.16. The third kappa shape index (κ3) is 7.15. The van der Waals surface area contributed by atoms with Crippen molar-refractivity contribution < 1.29 is 24.2 Å². The molecular formula is C22H27ClN2O5. The molecule has 0 aliphatic rings. The predicted octanol–water partition coefficient (Wildman–Crippen LogP) is 4.34. The normalized spacial score (nSPS) is 11.0. The highest BCUT2D eigenvalue weighted by molar-refractivity contribution is 6.31. The van der Waals surface area contributed by atoms with E-state index < -0.39 is 5.97 Å². The molecule has 0 aliphatic heterocycles. The minimum absolute atomic E-state index is 0.152. The van der Waals surface area contributed by atoms with Crippen molar-refractivity contribution in [3.05, 3.63) is 52.5 Å². The Labute approximate surface area is 181 Å². The smallest absolute Gasteiger partial charge is 0.335 e. The third-order valence-electron chi connectivity index (χ3n) is 3.90. The van der Waals surface area contributed by atoms with E-state index in [0.717, 1.165) is 11.3 Å². The average molecular weight is 435 g/mol. The average Bonchev–Trinajstić information content (AvgIpc) is 2.66. The van der Waals surface area contributed by atoms with Crippen molar-refractivity contribution in [2.45, 2.75) is 39.8 Å². The van der Waals surface area contributed by atoms with Gasteiger partial charge in [0.2, 0.25) is 0 Å². The molecule has 3 N–H and O–H groups in total. The summed E-state index contributed by atoms with van der Waals surface area (Å²) in [5.74, 6) is -0.335. The summed E-state index contributed by atoms with van der Waals surface area (Å²) in [5, 5.41) is 15.5. The number of carboxylic acids is 1. The van der Waals surface area contributed by atoms with Crippen LogP contribution in [0.4, 0.5) is 5.69 Å². The molecule has 8 heteroatoms. The van der Waals surface area contributed by atoms with E-state index in [2.05, 4.69) is 10.6 Å². The summed E-state index contributed by atoms with van der Waals surface area (Å²) >= 11 is 6.40. The van der Waals surface area contributed by atoms with Crippen molar-refractivity contribution in [2.24, 2.45) is 0 Å². The number of halogens is 1. The van der Waals surface area contributed by atoms with Gasteiger partial charge in [0.05, 0.1) is 12.2 Å². The van der Waals surface area contributed by atoms with Crippen LogP contribution < -0.4 is 20.1 Å². The Hall–Kier alpha value is -2.93. The van der Waals surface area contributed by atoms with E-state index in [9.17, 15) is 9.59 Å². The zero-order valence-corrected chi connectivity index (χ0v) is 18.3. The molecular weight excluding hydrogens is 408 g/mol. The van der Waals surface area contributed by atoms with Crippen LogP contribution in [0.3, 0.4) is 0 Å². The number of nitrogens with one attached hydrogen (secondary N) is 2. The SMILES string of the molecule is CCOc1cc(CNc2ccc(C(=O)O)cc2)c(Cl)cc1OCC(=O)NC(C)(C)C. The Morgan fingerprint density at radius 3 is 2.27 bits per heavy atom. The zero-order valence-electron chi connectivity index (χ0n) is 17.5. The second-order valence-electron chi connectivity index (χ2n) is 7.65. The van der Waals surface area contributed by atoms with Crippen LogP contribution in [-0.4, -0.2) is 35.7 Å². The van der Waals surface area contributed by atoms with Crippen LogP contribution >= 0.6 is 11.6 Å². The fourth-order valence-electron chi connectivity index (χ4n) is 2.62. The molecule has 7 nitrogen and oxygen atoms in total. The molecule has 0 saturated heterocycles. The minimum atomic E-state index is -0.974. The topological polar surface area (TPSA) is 96.9 Å². The Kier molecular flexibility index (Phi) is 7.94. The molecule has 0 aromatic heterocycles. The van der Waals surface area contributed by atoms with Crippen LogP contribution in [0.15, 0.2) is 36.4 Å². The second-order valence-corrected chi connectivity index (χ2v) is 8.05. The molecule has 0 spiro atoms. The quantitative estimate of drug-likeness (QED) is 0.543. The largest absolute Gasteiger partial charge is 0.490 e. The number of anilines is 1. The zero-order chi connectivity index (χ0) is 22.3. The number of hydrogen-bond acceptors (Lipinski definition) is 5. The second kappa shape index (κ2) is 10.2. The van der Waals surface area contributed by atoms with Crippen molar-refractivity contribution in [2.75, 3.05) is 18.5 Å². The Morgan fingerprint density at radius 1 is 1.07 bits per heavy atom. The maximum atomic E-state index is 12.0. The standard InChI is InChI=1S/C22H27ClN2O5/c1-5-29-18-10-15(12-24-16-8-6-14(7-9-16)21(27)28)17(23)11-19(18)30-13-20(26)25-22(2,3)4/h6-11,24H,5,12-13H2,1-4H3,(H,25,26)(H,27,28). The first kappa shape index (κ1) is 23.3. The molecule has 0 aliphatic carbocycles. The van der Waals surface area contributed by atoms with E-state index in [1.54, 1.807) is 24.3 Å². The molecule has 0 fully saturated rings. The molecule has 0 heterocycles. The van der Waals surface area contributed by atoms with Gasteiger partial charge in [0.25, 0.3) is 5.91 Å². The third-order valence-corrected chi connectivity index (χ3v) is 4.25. The summed E-state index contributed by atoms with van der Waals surface area (Å²) in [6.07, 6.45) is 0. The maximum absolute atomic E-state index is 12.0. The van der Waals surface area contributed by atoms with Crippen molar-refractivity contribution in [3.63, 3.8) is 0 Å². The molecule has 162 valence electrons. The van der Waals surface area contributed by atoms with Crippen LogP contribution in [-0.2, 0) is 11.3 Å². The van der Waals surface area contributed by atoms with Gasteiger partial charge >= 0.3 is 5.97 Å². The molecule has 1 amide bonds. The van der Waals surface area contributed by atoms with Gasteiger partial charge in [0.1, 0.15) is 0 Å². The van der Waals surface area contributed by atoms with E-state index in [1.807, 2.05) is 27.7 Å². The van der Waals surface area contributed by atoms with Crippen molar-refractivity contribution in [3.8, 4) is 11.5 Å². The summed E-state index contributed by atoms with van der Waals surface area (Å²) in [5.41, 5.74) is 1.40. The number of aromatic carboxylic acids is 1. The molecule has 2 aromatic rings. The molecule has 0 radical (unpaired) electrons. The number of carboxylic acid groups (broad SMARTS) is 1. The van der Waals surface area contributed by atoms with Crippen LogP contribution in [0.5, 0.6) is 11.5 Å². The van der Waals surface area contributed by atoms with Crippen LogP contribution in [0.25, 0.3) is 0 Å². The fourth-order valence-corrected chi connectivity index (χ4v) is 2.84. The first-order chi connectivity index (χ1) is 14.1. The Bertz CT molecular complexity index is 892. The van der Waals surface area contributed by atoms with Crippen LogP contribution in [0, 0.1) is 0 Å². The van der Waals surface area contributed by atoms with Gasteiger partial charge in [-0.1, -0.05) is 11.6 Å². The lowest BCUT2D eigenvalue weighted by atomic mass is 10.1. The number of carbonyl (C=O) groups is 2. The Morgan fingerprint density at radius 2 is 1.70 bits per heavy atom. The van der Waals surface area contributed by atoms with Gasteiger partial charge in [-0.2, -0.15) is 0 Å². The summed E-state index contributed by atoms with van der Waals surface area (Å²) in [6, 6.07) is 9.82. The monoisotopic (exact) mass is 434 g/mol. The van der Waals surface area contributed by atoms with E-state index in [0.29, 0.717) is 29.7 Å². The number of ether oxygens (including phenoxy) is 2. The van der Waals surface area contributed by atoms with Gasteiger partial charge in [-0.15, -0.1) is 0 Å². The summed E-state index contributed by atoms with van der Waals surface area (Å²) in [7, 11) is 0. The fraction of sp³-hybridized carbons (Fsp3) is 0.364. The highest BCUT2D eigenvalue weighted by Crippen LogP contribution is 2.34. The lowest BCUT2D eigenvalue weighted by molar-refractivity contribution is -0.124. The molecule has 30 heavy (non-hydrogen) atoms. The van der Waals surface area contributed by atoms with Gasteiger partial charge in [0.15, 0.2) is 18.1 Å². The molecule has 0 unspecified atom stereocenters. The van der Waals surface area contributed by atoms with Gasteiger partial charge in [-0.3, -0.25) is 4.79 Å². The lowest BCUT2D eigenvalue weighted by Gasteiger charge is -2.21. The predicted molar refractivity (Wildman–Crippen MR) is 117 cm³/mol. The van der Waals surface area contributed by atoms with Gasteiger partial charge in [0, 0.05) is 28.9 Å². The van der Waals surface area contributed by atoms with Crippen molar-refractivity contribution in [1.82, 2.24) is 5.32 Å². The number of hydrogen-bond donors (Lipinski definition) is 3. The van der Waals surface area contributed by atoms with E-state index in [4.69, 9.17) is 26.2 Å². The molecule has 0 bridgehead atoms. The number of benzene rings is 2. The van der Waals surface area contributed by atoms with Crippen LogP contribution in [0.1, 0.15) is 43.6 Å². The summed E-state index contributed by atoms with van der Waals surface area (Å²) < 4.78 is 11.3. The lowest BCUT2D eigenvalue weighted by Crippen LogP contribution is -2.43. The minimum Gasteiger partial charge on any atom is -0.490 e. The Balaban J connectivity index is 2.09. The van der Waals surface area contributed by atoms with E-state index in [1.165, 1.54) is 12.1 Å². The maximum Gasteiger partial charge on any atom is 0.335 e. The van der Waals surface area contributed by atoms with Gasteiger partial charge in [-0.05, 0) is 63.6 Å². The first-order valence-corrected chi connectivity index (χ1v) is 9.93. The number of amides is 1. The molecule has 2 aromatic carbocycles. The first-order valence-electron chi connectivity index (χ1n) is 9.55. The van der Waals surface area contributed by atoms with Crippen molar-refractivity contribution >= 4 is 29.2 Å². The number of rotatable bonds is 9. The molecule has 0 atom stereocenters. The van der Waals surface area contributed by atoms with Crippen molar-refractivity contribution in [1.29, 1.82) is 0 Å². The van der Waals surface area contributed by atoms with Crippen LogP contribution in [0.2, 0.25) is 5.02 Å². The van der Waals surface area contributed by atoms with Gasteiger partial charge in [-0.25, -0.2) is 4.79 Å². The molecule has 0 saturated carbocycles. The van der Waals surface area contributed by atoms with E-state index in [-0.39, 0.29) is 23.6 Å². The van der Waals surface area contributed by atoms with E-state index >= 15 is 0 Å². The summed E-state index contributed by atoms with van der Waals surface area (Å²) in [4.78, 5) is 23.0.